The number of anilines is 1. The number of hydrogen-bond donors (Lipinski definition) is 4. The van der Waals surface area contributed by atoms with Gasteiger partial charge >= 0.3 is 5.97 Å². The molecule has 2 aromatic rings. The zero-order valence-corrected chi connectivity index (χ0v) is 18.2. The number of carboxylic acid groups (broad SMARTS) is 1. The second kappa shape index (κ2) is 15.9. The van der Waals surface area contributed by atoms with E-state index < -0.39 is 11.8 Å². The highest BCUT2D eigenvalue weighted by Gasteiger charge is 2.10. The number of aliphatic carboxylic acids is 1. The van der Waals surface area contributed by atoms with E-state index in [1.807, 2.05) is 31.2 Å². The predicted octanol–water partition coefficient (Wildman–Crippen LogP) is 5.31. The first kappa shape index (κ1) is 27.1. The molecule has 0 radical (unpaired) electrons. The average molecular weight is 436 g/mol. The number of thiophene rings is 1. The lowest BCUT2D eigenvalue weighted by atomic mass is 10.0. The zero-order chi connectivity index (χ0) is 22.9. The minimum atomic E-state index is -0.924. The van der Waals surface area contributed by atoms with Gasteiger partial charge in [0.25, 0.3) is 0 Å². The monoisotopic (exact) mass is 435 g/mol. The molecular weight excluding hydrogens is 405 g/mol. The van der Waals surface area contributed by atoms with E-state index in [4.69, 9.17) is 9.94 Å². The number of nitrogens with two attached hydrogens (primary N) is 1. The van der Waals surface area contributed by atoms with Gasteiger partial charge in [-0.3, -0.25) is 10.2 Å². The maximum absolute atomic E-state index is 13.5. The van der Waals surface area contributed by atoms with Crippen LogP contribution in [0.4, 0.5) is 10.1 Å². The fourth-order valence-corrected chi connectivity index (χ4v) is 2.70. The molecule has 0 amide bonds. The van der Waals surface area contributed by atoms with Crippen LogP contribution < -0.4 is 21.6 Å². The fraction of sp³-hybridized carbons (Fsp3) is 0.227. The Labute approximate surface area is 181 Å². The second-order valence-electron chi connectivity index (χ2n) is 5.69. The molecule has 0 unspecified atom stereocenters. The van der Waals surface area contributed by atoms with E-state index in [0.717, 1.165) is 11.3 Å². The van der Waals surface area contributed by atoms with E-state index >= 15 is 0 Å². The minimum absolute atomic E-state index is 0.0623. The molecule has 8 heteroatoms. The largest absolute Gasteiger partial charge is 0.481 e. The molecule has 164 valence electrons. The summed E-state index contributed by atoms with van der Waals surface area (Å²) in [5, 5.41) is 9.42. The molecular formula is C22H30FN3O3S. The first-order valence-electron chi connectivity index (χ1n) is 9.10. The summed E-state index contributed by atoms with van der Waals surface area (Å²) >= 11 is 1.48. The van der Waals surface area contributed by atoms with Gasteiger partial charge in [-0.25, -0.2) is 4.39 Å². The fourth-order valence-electron chi connectivity index (χ4n) is 2.03. The molecule has 0 saturated carbocycles. The number of carbonyl (C=O) groups is 1. The molecule has 30 heavy (non-hydrogen) atoms. The number of nitrogens with one attached hydrogen (secondary N) is 2. The quantitative estimate of drug-likeness (QED) is 0.298. The Kier molecular flexibility index (Phi) is 14.4. The number of allylic oxidation sites excluding steroid dienone is 3. The molecule has 0 aliphatic carbocycles. The van der Waals surface area contributed by atoms with Gasteiger partial charge in [-0.1, -0.05) is 24.3 Å². The maximum Gasteiger partial charge on any atom is 0.303 e. The van der Waals surface area contributed by atoms with Crippen LogP contribution in [-0.4, -0.2) is 18.1 Å². The van der Waals surface area contributed by atoms with Crippen LogP contribution in [0.25, 0.3) is 5.57 Å². The van der Waals surface area contributed by atoms with Gasteiger partial charge in [-0.05, 0) is 62.7 Å². The summed E-state index contributed by atoms with van der Waals surface area (Å²) in [4.78, 5) is 17.1. The first-order chi connectivity index (χ1) is 14.4. The van der Waals surface area contributed by atoms with Crippen LogP contribution in [0, 0.1) is 12.7 Å². The molecule has 1 aromatic carbocycles. The molecule has 0 fully saturated rings. The van der Waals surface area contributed by atoms with Crippen LogP contribution in [-0.2, 0) is 4.79 Å². The van der Waals surface area contributed by atoms with E-state index in [-0.39, 0.29) is 12.8 Å². The normalized spacial score (nSPS) is 9.20. The van der Waals surface area contributed by atoms with Crippen molar-refractivity contribution in [2.24, 2.45) is 5.73 Å². The minimum Gasteiger partial charge on any atom is -0.481 e. The Morgan fingerprint density at radius 3 is 2.40 bits per heavy atom. The molecule has 0 saturated heterocycles. The molecule has 0 aliphatic rings. The van der Waals surface area contributed by atoms with E-state index in [9.17, 15) is 9.18 Å². The maximum atomic E-state index is 13.5. The van der Waals surface area contributed by atoms with Crippen molar-refractivity contribution in [1.82, 2.24) is 5.59 Å². The number of carboxylic acids is 1. The van der Waals surface area contributed by atoms with Gasteiger partial charge < -0.3 is 15.7 Å². The van der Waals surface area contributed by atoms with Crippen molar-refractivity contribution in [3.05, 3.63) is 78.5 Å². The van der Waals surface area contributed by atoms with E-state index in [1.165, 1.54) is 36.6 Å². The van der Waals surface area contributed by atoms with Crippen molar-refractivity contribution in [2.45, 2.75) is 26.2 Å². The third-order valence-corrected chi connectivity index (χ3v) is 4.27. The molecule has 6 nitrogen and oxygen atoms in total. The van der Waals surface area contributed by atoms with Crippen molar-refractivity contribution in [3.8, 4) is 5.06 Å². The third-order valence-electron chi connectivity index (χ3n) is 3.39. The van der Waals surface area contributed by atoms with Gasteiger partial charge in [0.05, 0.1) is 5.69 Å². The van der Waals surface area contributed by atoms with Crippen LogP contribution in [0.1, 0.15) is 29.7 Å². The summed E-state index contributed by atoms with van der Waals surface area (Å²) in [7, 11) is 1.50. The van der Waals surface area contributed by atoms with Crippen LogP contribution in [0.5, 0.6) is 5.06 Å². The number of halogens is 1. The second-order valence-corrected chi connectivity index (χ2v) is 6.94. The molecule has 1 aromatic heterocycles. The number of aryl methyl sites for hydroxylation is 1. The average Bonchev–Trinajstić information content (AvgIpc) is 3.15. The Bertz CT molecular complexity index is 816. The molecule has 0 bridgehead atoms. The Morgan fingerprint density at radius 2 is 1.90 bits per heavy atom. The number of hydrogen-bond acceptors (Lipinski definition) is 6. The molecule has 1 heterocycles. The van der Waals surface area contributed by atoms with Gasteiger partial charge in [0.2, 0.25) is 5.06 Å². The highest BCUT2D eigenvalue weighted by atomic mass is 32.1. The SMILES string of the molecule is C=C(CCC(=O)O)c1cc(F)ccc1NNOc1ccc(C)s1.C=CCC=C.CN. The summed E-state index contributed by atoms with van der Waals surface area (Å²) < 4.78 is 13.5. The molecule has 5 N–H and O–H groups in total. The van der Waals surface area contributed by atoms with Crippen molar-refractivity contribution >= 4 is 28.6 Å². The van der Waals surface area contributed by atoms with Gasteiger partial charge in [0, 0.05) is 16.9 Å². The van der Waals surface area contributed by atoms with E-state index in [2.05, 4.69) is 36.5 Å². The lowest BCUT2D eigenvalue weighted by Gasteiger charge is -2.14. The van der Waals surface area contributed by atoms with Crippen molar-refractivity contribution in [1.29, 1.82) is 0 Å². The van der Waals surface area contributed by atoms with Gasteiger partial charge in [-0.15, -0.1) is 24.5 Å². The number of benzene rings is 1. The third kappa shape index (κ3) is 11.2. The van der Waals surface area contributed by atoms with Gasteiger partial charge in [-0.2, -0.15) is 0 Å². The Hall–Kier alpha value is -2.94. The first-order valence-corrected chi connectivity index (χ1v) is 9.92. The lowest BCUT2D eigenvalue weighted by Crippen LogP contribution is -2.25. The predicted molar refractivity (Wildman–Crippen MR) is 124 cm³/mol. The van der Waals surface area contributed by atoms with Crippen LogP contribution in [0.15, 0.2) is 62.2 Å². The summed E-state index contributed by atoms with van der Waals surface area (Å²) in [6, 6.07) is 7.90. The molecule has 0 aliphatic heterocycles. The van der Waals surface area contributed by atoms with E-state index in [0.29, 0.717) is 21.9 Å². The molecule has 0 atom stereocenters. The Morgan fingerprint density at radius 1 is 1.23 bits per heavy atom. The van der Waals surface area contributed by atoms with Crippen LogP contribution >= 0.6 is 11.3 Å². The molecule has 2 rings (SSSR count). The highest BCUT2D eigenvalue weighted by molar-refractivity contribution is 7.13. The van der Waals surface area contributed by atoms with Crippen LogP contribution in [0.2, 0.25) is 0 Å². The smallest absolute Gasteiger partial charge is 0.303 e. The summed E-state index contributed by atoms with van der Waals surface area (Å²) in [6.45, 7) is 12.8. The topological polar surface area (TPSA) is 96.6 Å². The summed E-state index contributed by atoms with van der Waals surface area (Å²) in [6.07, 6.45) is 4.71. The van der Waals surface area contributed by atoms with Crippen LogP contribution in [0.3, 0.4) is 0 Å². The Balaban J connectivity index is 0.00000105. The van der Waals surface area contributed by atoms with Gasteiger partial charge in [0.15, 0.2) is 0 Å². The zero-order valence-electron chi connectivity index (χ0n) is 17.4. The summed E-state index contributed by atoms with van der Waals surface area (Å²) in [5.74, 6) is -1.34. The van der Waals surface area contributed by atoms with Crippen molar-refractivity contribution < 1.29 is 19.1 Å². The highest BCUT2D eigenvalue weighted by Crippen LogP contribution is 2.27. The lowest BCUT2D eigenvalue weighted by molar-refractivity contribution is -0.136. The molecule has 0 spiro atoms. The number of hydrazine groups is 1. The number of rotatable bonds is 10. The standard InChI is InChI=1S/C16H17FN2O3S.C5H8.CH5N/c1-10(3-7-15(20)21)13-9-12(17)5-6-14(13)18-19-22-16-8-4-11(2)23-16;1-3-5-4-2;1-2/h4-6,8-9,18-19H,1,3,7H2,2H3,(H,20,21);3-4H,1-2,5H2;2H2,1H3. The summed E-state index contributed by atoms with van der Waals surface area (Å²) in [5.41, 5.74) is 11.5. The van der Waals surface area contributed by atoms with Crippen molar-refractivity contribution in [3.63, 3.8) is 0 Å². The van der Waals surface area contributed by atoms with Gasteiger partial charge in [0.1, 0.15) is 5.82 Å². The van der Waals surface area contributed by atoms with Crippen molar-refractivity contribution in [2.75, 3.05) is 12.5 Å². The van der Waals surface area contributed by atoms with E-state index in [1.54, 1.807) is 0 Å².